The molecule has 0 bridgehead atoms. The van der Waals surface area contributed by atoms with Gasteiger partial charge in [-0.15, -0.1) is 0 Å². The van der Waals surface area contributed by atoms with Crippen molar-refractivity contribution in [2.75, 3.05) is 13.2 Å². The normalized spacial score (nSPS) is 50.7. The molecule has 3 fully saturated rings. The van der Waals surface area contributed by atoms with Crippen LogP contribution in [0, 0.1) is 11.8 Å². The zero-order valence-electron chi connectivity index (χ0n) is 17.4. The van der Waals surface area contributed by atoms with Crippen LogP contribution in [-0.4, -0.2) is 88.0 Å². The number of hydrogen-bond donors (Lipinski definition) is 5. The number of allylic oxidation sites excluding steroid dienone is 2. The molecule has 3 saturated heterocycles. The van der Waals surface area contributed by atoms with Crippen molar-refractivity contribution in [2.45, 2.75) is 88.0 Å². The maximum absolute atomic E-state index is 12.7. The summed E-state index contributed by atoms with van der Waals surface area (Å²) in [5.41, 5.74) is 1.01. The number of rotatable bonds is 4. The fraction of sp³-hybridized carbons (Fsp3) is 0.857. The fourth-order valence-electron chi connectivity index (χ4n) is 5.15. The fourth-order valence-corrected chi connectivity index (χ4v) is 5.15. The van der Waals surface area contributed by atoms with Crippen molar-refractivity contribution >= 4 is 5.97 Å². The van der Waals surface area contributed by atoms with Crippen LogP contribution in [0.2, 0.25) is 0 Å². The van der Waals surface area contributed by atoms with Gasteiger partial charge >= 0.3 is 5.97 Å². The van der Waals surface area contributed by atoms with E-state index in [0.29, 0.717) is 0 Å². The quantitative estimate of drug-likeness (QED) is 0.222. The zero-order valence-corrected chi connectivity index (χ0v) is 17.4. The Bertz CT molecular complexity index is 686. The molecule has 1 aliphatic carbocycles. The van der Waals surface area contributed by atoms with Gasteiger partial charge in [0.2, 0.25) is 0 Å². The van der Waals surface area contributed by atoms with E-state index in [-0.39, 0.29) is 36.2 Å². The first-order valence-corrected chi connectivity index (χ1v) is 10.8. The Morgan fingerprint density at radius 1 is 1.27 bits per heavy atom. The van der Waals surface area contributed by atoms with E-state index in [4.69, 9.17) is 14.2 Å². The number of aliphatic hydroxyl groups is 4. The van der Waals surface area contributed by atoms with E-state index < -0.39 is 43.2 Å². The molecule has 5 N–H and O–H groups in total. The van der Waals surface area contributed by atoms with Crippen LogP contribution in [-0.2, 0) is 19.0 Å². The highest BCUT2D eigenvalue weighted by Crippen LogP contribution is 2.50. The highest BCUT2D eigenvalue weighted by Gasteiger charge is 2.62. The first-order valence-electron chi connectivity index (χ1n) is 10.8. The van der Waals surface area contributed by atoms with Crippen molar-refractivity contribution in [1.82, 2.24) is 5.32 Å². The molecular formula is C21H33NO8. The maximum atomic E-state index is 12.7. The average molecular weight is 427 g/mol. The summed E-state index contributed by atoms with van der Waals surface area (Å²) in [6, 6.07) is -0.988. The summed E-state index contributed by atoms with van der Waals surface area (Å²) in [6.07, 6.45) is 0.139. The van der Waals surface area contributed by atoms with Crippen LogP contribution in [0.4, 0.5) is 0 Å². The van der Waals surface area contributed by atoms with E-state index in [1.54, 1.807) is 0 Å². The molecule has 10 atom stereocenters. The molecule has 4 aliphatic rings. The zero-order chi connectivity index (χ0) is 21.6. The summed E-state index contributed by atoms with van der Waals surface area (Å²) in [4.78, 5) is 12.7. The molecule has 0 amide bonds. The predicted octanol–water partition coefficient (Wildman–Crippen LogP) is -0.788. The van der Waals surface area contributed by atoms with Crippen molar-refractivity contribution < 1.29 is 39.4 Å². The number of aliphatic hydroxyl groups excluding tert-OH is 4. The Morgan fingerprint density at radius 2 is 2.03 bits per heavy atom. The molecule has 0 saturated carbocycles. The van der Waals surface area contributed by atoms with Gasteiger partial charge in [0.1, 0.15) is 30.5 Å². The van der Waals surface area contributed by atoms with Gasteiger partial charge in [-0.25, -0.2) is 0 Å². The molecule has 30 heavy (non-hydrogen) atoms. The summed E-state index contributed by atoms with van der Waals surface area (Å²) in [5.74, 6) is -0.819. The molecule has 0 radical (unpaired) electrons. The van der Waals surface area contributed by atoms with Crippen LogP contribution >= 0.6 is 0 Å². The summed E-state index contributed by atoms with van der Waals surface area (Å²) >= 11 is 0. The highest BCUT2D eigenvalue weighted by atomic mass is 16.6. The smallest absolute Gasteiger partial charge is 0.311 e. The second-order valence-electron chi connectivity index (χ2n) is 9.31. The number of fused-ring (bicyclic) bond motifs is 3. The van der Waals surface area contributed by atoms with Gasteiger partial charge in [0, 0.05) is 12.5 Å². The van der Waals surface area contributed by atoms with Crippen molar-refractivity contribution in [1.29, 1.82) is 0 Å². The first kappa shape index (κ1) is 22.1. The summed E-state index contributed by atoms with van der Waals surface area (Å²) in [5, 5.41) is 42.8. The molecular weight excluding hydrogens is 394 g/mol. The van der Waals surface area contributed by atoms with Gasteiger partial charge in [0.25, 0.3) is 0 Å². The van der Waals surface area contributed by atoms with E-state index in [1.807, 2.05) is 0 Å². The van der Waals surface area contributed by atoms with Crippen LogP contribution in [0.25, 0.3) is 0 Å². The Kier molecular flexibility index (Phi) is 6.24. The van der Waals surface area contributed by atoms with E-state index in [1.165, 1.54) is 5.57 Å². The maximum Gasteiger partial charge on any atom is 0.311 e. The van der Waals surface area contributed by atoms with Crippen LogP contribution in [0.1, 0.15) is 39.5 Å². The summed E-state index contributed by atoms with van der Waals surface area (Å²) < 4.78 is 16.9. The number of nitrogens with one attached hydrogen (secondary N) is 1. The van der Waals surface area contributed by atoms with Gasteiger partial charge in [-0.3, -0.25) is 4.79 Å². The lowest BCUT2D eigenvalue weighted by Crippen LogP contribution is -2.63. The van der Waals surface area contributed by atoms with Crippen LogP contribution < -0.4 is 5.32 Å². The number of hydrogen-bond acceptors (Lipinski definition) is 9. The second-order valence-corrected chi connectivity index (χ2v) is 9.31. The topological polar surface area (TPSA) is 141 Å². The number of ether oxygens (including phenoxy) is 3. The van der Waals surface area contributed by atoms with E-state index >= 15 is 0 Å². The summed E-state index contributed by atoms with van der Waals surface area (Å²) in [7, 11) is 0. The summed E-state index contributed by atoms with van der Waals surface area (Å²) in [6.45, 7) is 3.81. The largest absolute Gasteiger partial charge is 0.459 e. The van der Waals surface area contributed by atoms with E-state index in [2.05, 4.69) is 25.2 Å². The third kappa shape index (κ3) is 4.04. The molecule has 3 aliphatic heterocycles. The number of epoxide rings is 1. The molecule has 0 spiro atoms. The first-order chi connectivity index (χ1) is 14.2. The molecule has 4 rings (SSSR count). The monoisotopic (exact) mass is 427 g/mol. The molecule has 9 nitrogen and oxygen atoms in total. The molecule has 0 aromatic carbocycles. The van der Waals surface area contributed by atoms with Gasteiger partial charge in [-0.1, -0.05) is 11.6 Å². The van der Waals surface area contributed by atoms with Crippen LogP contribution in [0.3, 0.4) is 0 Å². The predicted molar refractivity (Wildman–Crippen MR) is 104 cm³/mol. The Morgan fingerprint density at radius 3 is 2.77 bits per heavy atom. The van der Waals surface area contributed by atoms with Crippen molar-refractivity contribution in [2.24, 2.45) is 11.8 Å². The lowest BCUT2D eigenvalue weighted by atomic mass is 9.80. The van der Waals surface area contributed by atoms with E-state index in [9.17, 15) is 25.2 Å². The van der Waals surface area contributed by atoms with Gasteiger partial charge in [-0.2, -0.15) is 0 Å². The second kappa shape index (κ2) is 8.46. The molecule has 0 unspecified atom stereocenters. The Balaban J connectivity index is 1.45. The lowest BCUT2D eigenvalue weighted by molar-refractivity contribution is -0.254. The molecule has 0 aromatic heterocycles. The minimum Gasteiger partial charge on any atom is -0.459 e. The average Bonchev–Trinajstić information content (AvgIpc) is 3.27. The van der Waals surface area contributed by atoms with Gasteiger partial charge in [0.15, 0.2) is 6.29 Å². The van der Waals surface area contributed by atoms with Gasteiger partial charge in [0.05, 0.1) is 24.2 Å². The molecule has 170 valence electrons. The van der Waals surface area contributed by atoms with Gasteiger partial charge in [-0.05, 0) is 39.5 Å². The van der Waals surface area contributed by atoms with Crippen LogP contribution in [0.15, 0.2) is 11.6 Å². The number of carbonyl (C=O) groups excluding carboxylic acids is 1. The standard InChI is InChI=1S/C21H33NO8/c1-10-4-3-7-21(2)18(30-21)17-11(6-5-10)12(19(26)29-17)8-22-14-16(25)15(24)13(9-23)28-20(14)27/h4,11-18,20,22-25,27H,3,5-9H2,1-2H3/b10-4+/t11-,12-,13+,14+,15+,16+,17-,18-,20+,21+/m0/s1. The lowest BCUT2D eigenvalue weighted by Gasteiger charge is -2.40. The number of esters is 1. The van der Waals surface area contributed by atoms with E-state index in [0.717, 1.165) is 25.7 Å². The minimum atomic E-state index is -1.42. The van der Waals surface area contributed by atoms with Crippen molar-refractivity contribution in [3.63, 3.8) is 0 Å². The third-order valence-corrected chi connectivity index (χ3v) is 7.21. The van der Waals surface area contributed by atoms with Crippen molar-refractivity contribution in [3.8, 4) is 0 Å². The highest BCUT2D eigenvalue weighted by molar-refractivity contribution is 5.75. The Labute approximate surface area is 176 Å². The third-order valence-electron chi connectivity index (χ3n) is 7.21. The van der Waals surface area contributed by atoms with Crippen LogP contribution in [0.5, 0.6) is 0 Å². The number of carbonyl (C=O) groups is 1. The Hall–Kier alpha value is -1.07. The molecule has 9 heteroatoms. The molecule has 0 aromatic rings. The van der Waals surface area contributed by atoms with Crippen molar-refractivity contribution in [3.05, 3.63) is 11.6 Å². The minimum absolute atomic E-state index is 0.0489. The van der Waals surface area contributed by atoms with Gasteiger partial charge < -0.3 is 40.0 Å². The SMILES string of the molecule is C/C1=C\CC[C@@]2(C)O[C@H]2[C@H]2OC(=O)[C@@H](CN[C@@H]3[C@@H](O)[C@H](O)[C@@H](CO)O[C@H]3O)[C@@H]2CC1. The molecule has 3 heterocycles.